The van der Waals surface area contributed by atoms with E-state index in [1.54, 1.807) is 14.2 Å². The van der Waals surface area contributed by atoms with Gasteiger partial charge in [0, 0.05) is 36.9 Å². The number of rotatable bonds is 5. The third-order valence-corrected chi connectivity index (χ3v) is 7.23. The zero-order valence-corrected chi connectivity index (χ0v) is 19.6. The fraction of sp³-hybridized carbons (Fsp3) is 0.0690. The monoisotopic (exact) mass is 462 g/mol. The maximum atomic E-state index is 5.52. The van der Waals surface area contributed by atoms with Crippen LogP contribution < -0.4 is 9.47 Å². The number of aromatic nitrogens is 2. The van der Waals surface area contributed by atoms with Gasteiger partial charge in [-0.05, 0) is 36.4 Å². The van der Waals surface area contributed by atoms with Crippen molar-refractivity contribution in [3.63, 3.8) is 0 Å². The summed E-state index contributed by atoms with van der Waals surface area (Å²) < 4.78 is 13.5. The molecule has 0 fully saturated rings. The van der Waals surface area contributed by atoms with Crippen molar-refractivity contribution in [1.82, 2.24) is 9.97 Å². The van der Waals surface area contributed by atoms with Crippen molar-refractivity contribution in [2.75, 3.05) is 14.2 Å². The third kappa shape index (κ3) is 3.42. The maximum Gasteiger partial charge on any atom is 0.161 e. The lowest BCUT2D eigenvalue weighted by Gasteiger charge is -2.08. The first-order valence-corrected chi connectivity index (χ1v) is 11.9. The van der Waals surface area contributed by atoms with Crippen LogP contribution in [0.5, 0.6) is 11.5 Å². The van der Waals surface area contributed by atoms with Crippen LogP contribution in [0.2, 0.25) is 0 Å². The highest BCUT2D eigenvalue weighted by atomic mass is 32.1. The van der Waals surface area contributed by atoms with Crippen LogP contribution in [-0.4, -0.2) is 24.2 Å². The van der Waals surface area contributed by atoms with Gasteiger partial charge in [-0.25, -0.2) is 4.98 Å². The summed E-state index contributed by atoms with van der Waals surface area (Å²) in [5.74, 6) is 2.14. The minimum absolute atomic E-state index is 0.672. The van der Waals surface area contributed by atoms with E-state index < -0.39 is 0 Å². The second-order valence-corrected chi connectivity index (χ2v) is 9.14. The molecule has 2 aromatic heterocycles. The van der Waals surface area contributed by atoms with E-state index in [1.807, 2.05) is 47.7 Å². The van der Waals surface area contributed by atoms with Crippen molar-refractivity contribution < 1.29 is 9.47 Å². The molecule has 2 heterocycles. The van der Waals surface area contributed by atoms with Crippen LogP contribution in [0.15, 0.2) is 91.0 Å². The van der Waals surface area contributed by atoms with Crippen molar-refractivity contribution >= 4 is 31.5 Å². The van der Waals surface area contributed by atoms with E-state index in [9.17, 15) is 0 Å². The topological polar surface area (TPSA) is 47.1 Å². The lowest BCUT2D eigenvalue weighted by Crippen LogP contribution is -1.91. The van der Waals surface area contributed by atoms with Gasteiger partial charge in [0.1, 0.15) is 5.82 Å². The van der Waals surface area contributed by atoms with E-state index in [4.69, 9.17) is 14.5 Å². The lowest BCUT2D eigenvalue weighted by molar-refractivity contribution is 0.355. The Morgan fingerprint density at radius 2 is 1.38 bits per heavy atom. The van der Waals surface area contributed by atoms with Crippen LogP contribution in [0, 0.1) is 0 Å². The number of benzene rings is 4. The van der Waals surface area contributed by atoms with Gasteiger partial charge in [0.05, 0.1) is 25.6 Å². The summed E-state index contributed by atoms with van der Waals surface area (Å²) in [6, 6.07) is 31.4. The zero-order valence-electron chi connectivity index (χ0n) is 18.8. The fourth-order valence-corrected chi connectivity index (χ4v) is 5.48. The molecule has 0 atom stereocenters. The number of hydrogen-bond acceptors (Lipinski definition) is 4. The molecule has 6 rings (SSSR count). The van der Waals surface area contributed by atoms with Gasteiger partial charge < -0.3 is 14.5 Å². The average molecular weight is 463 g/mol. The molecule has 0 aliphatic carbocycles. The Bertz CT molecular complexity index is 1630. The molecule has 0 spiro atoms. The molecule has 6 aromatic rings. The minimum Gasteiger partial charge on any atom is -0.493 e. The fourth-order valence-electron chi connectivity index (χ4n) is 4.39. The van der Waals surface area contributed by atoms with Crippen LogP contribution in [-0.2, 0) is 0 Å². The Balaban J connectivity index is 1.55. The molecular formula is C29H22N2O2S. The van der Waals surface area contributed by atoms with Crippen LogP contribution in [0.25, 0.3) is 54.1 Å². The van der Waals surface area contributed by atoms with Crippen LogP contribution in [0.3, 0.4) is 0 Å². The van der Waals surface area contributed by atoms with Crippen molar-refractivity contribution in [2.24, 2.45) is 0 Å². The molecule has 166 valence electrons. The Morgan fingerprint density at radius 1 is 0.647 bits per heavy atom. The molecule has 0 saturated heterocycles. The maximum absolute atomic E-state index is 5.52. The lowest BCUT2D eigenvalue weighted by atomic mass is 10.0. The second-order valence-electron chi connectivity index (χ2n) is 8.05. The van der Waals surface area contributed by atoms with Gasteiger partial charge in [-0.3, -0.25) is 0 Å². The number of methoxy groups -OCH3 is 2. The Kier molecular flexibility index (Phi) is 5.04. The quantitative estimate of drug-likeness (QED) is 0.284. The van der Waals surface area contributed by atoms with Gasteiger partial charge in [0.2, 0.25) is 0 Å². The highest BCUT2D eigenvalue weighted by Crippen LogP contribution is 2.39. The standard InChI is InChI=1S/C29H22N2O2S/c1-32-23-14-12-20(17-24(23)33-2)29-30-27(18-8-4-3-5-9-18)28(31-29)19-13-15-26-22(16-19)21-10-6-7-11-25(21)34-26/h3-17H,1-2H3,(H,30,31). The number of hydrogen-bond donors (Lipinski definition) is 1. The normalized spacial score (nSPS) is 11.2. The van der Waals surface area contributed by atoms with Crippen molar-refractivity contribution in [2.45, 2.75) is 0 Å². The summed E-state index contributed by atoms with van der Waals surface area (Å²) in [4.78, 5) is 8.66. The van der Waals surface area contributed by atoms with Gasteiger partial charge in [-0.15, -0.1) is 11.3 Å². The first-order valence-electron chi connectivity index (χ1n) is 11.0. The number of aromatic amines is 1. The highest BCUT2D eigenvalue weighted by Gasteiger charge is 2.17. The third-order valence-electron chi connectivity index (χ3n) is 6.07. The van der Waals surface area contributed by atoms with E-state index in [-0.39, 0.29) is 0 Å². The van der Waals surface area contributed by atoms with E-state index in [0.717, 1.165) is 33.9 Å². The molecule has 4 aromatic carbocycles. The molecular weight excluding hydrogens is 440 g/mol. The van der Waals surface area contributed by atoms with E-state index in [1.165, 1.54) is 20.2 Å². The Morgan fingerprint density at radius 3 is 2.21 bits per heavy atom. The Labute approximate surface area is 201 Å². The molecule has 0 radical (unpaired) electrons. The minimum atomic E-state index is 0.672. The first kappa shape index (κ1) is 20.5. The van der Waals surface area contributed by atoms with E-state index in [0.29, 0.717) is 11.5 Å². The van der Waals surface area contributed by atoms with Gasteiger partial charge in [-0.2, -0.15) is 0 Å². The van der Waals surface area contributed by atoms with Gasteiger partial charge in [0.15, 0.2) is 11.5 Å². The summed E-state index contributed by atoms with van der Waals surface area (Å²) in [6.45, 7) is 0. The predicted molar refractivity (Wildman–Crippen MR) is 141 cm³/mol. The molecule has 1 N–H and O–H groups in total. The Hall–Kier alpha value is -4.09. The SMILES string of the molecule is COc1ccc(-c2nc(-c3ccc4sc5ccccc5c4c3)c(-c3ccccc3)[nH]2)cc1OC. The molecule has 0 saturated carbocycles. The zero-order chi connectivity index (χ0) is 23.1. The molecule has 0 aliphatic rings. The number of nitrogens with one attached hydrogen (secondary N) is 1. The number of H-pyrrole nitrogens is 1. The molecule has 0 amide bonds. The number of nitrogens with zero attached hydrogens (tertiary/aromatic N) is 1. The predicted octanol–water partition coefficient (Wildman–Crippen LogP) is 7.80. The summed E-state index contributed by atoms with van der Waals surface area (Å²) in [5.41, 5.74) is 5.02. The molecule has 34 heavy (non-hydrogen) atoms. The van der Waals surface area contributed by atoms with Crippen molar-refractivity contribution in [1.29, 1.82) is 0 Å². The number of fused-ring (bicyclic) bond motifs is 3. The van der Waals surface area contributed by atoms with Crippen LogP contribution >= 0.6 is 11.3 Å². The first-order chi connectivity index (χ1) is 16.7. The number of ether oxygens (including phenoxy) is 2. The van der Waals surface area contributed by atoms with E-state index >= 15 is 0 Å². The molecule has 4 nitrogen and oxygen atoms in total. The summed E-state index contributed by atoms with van der Waals surface area (Å²) in [5, 5.41) is 2.54. The number of thiophene rings is 1. The smallest absolute Gasteiger partial charge is 0.161 e. The average Bonchev–Trinajstić information content (AvgIpc) is 3.50. The summed E-state index contributed by atoms with van der Waals surface area (Å²) in [7, 11) is 3.28. The highest BCUT2D eigenvalue weighted by molar-refractivity contribution is 7.25. The largest absolute Gasteiger partial charge is 0.493 e. The van der Waals surface area contributed by atoms with Crippen LogP contribution in [0.4, 0.5) is 0 Å². The van der Waals surface area contributed by atoms with Crippen LogP contribution in [0.1, 0.15) is 0 Å². The van der Waals surface area contributed by atoms with Crippen molar-refractivity contribution in [3.8, 4) is 45.4 Å². The summed E-state index contributed by atoms with van der Waals surface area (Å²) >= 11 is 1.82. The van der Waals surface area contributed by atoms with Gasteiger partial charge >= 0.3 is 0 Å². The molecule has 0 aliphatic heterocycles. The summed E-state index contributed by atoms with van der Waals surface area (Å²) in [6.07, 6.45) is 0. The number of imidazole rings is 1. The molecule has 0 bridgehead atoms. The molecule has 5 heteroatoms. The molecule has 0 unspecified atom stereocenters. The second kappa shape index (κ2) is 8.36. The van der Waals surface area contributed by atoms with E-state index in [2.05, 4.69) is 59.6 Å². The van der Waals surface area contributed by atoms with Gasteiger partial charge in [0.25, 0.3) is 0 Å². The van der Waals surface area contributed by atoms with Crippen molar-refractivity contribution in [3.05, 3.63) is 91.0 Å². The van der Waals surface area contributed by atoms with Gasteiger partial charge in [-0.1, -0.05) is 54.6 Å².